The molecular formula is C13H22ClNO2. The van der Waals surface area contributed by atoms with Gasteiger partial charge in [-0.3, -0.25) is 0 Å². The molecule has 1 aromatic rings. The molecule has 0 amide bonds. The predicted molar refractivity (Wildman–Crippen MR) is 72.7 cm³/mol. The lowest BCUT2D eigenvalue weighted by molar-refractivity contribution is 0.242. The third-order valence-corrected chi connectivity index (χ3v) is 2.35. The predicted octanol–water partition coefficient (Wildman–Crippen LogP) is 2.67. The fourth-order valence-corrected chi connectivity index (χ4v) is 1.54. The SMILES string of the molecule is CC(C)Oc1ccc([C@H](N)CCCO)cc1.Cl. The van der Waals surface area contributed by atoms with Crippen LogP contribution in [-0.2, 0) is 0 Å². The zero-order valence-electron chi connectivity index (χ0n) is 10.4. The number of aliphatic hydroxyl groups is 1. The Labute approximate surface area is 109 Å². The van der Waals surface area contributed by atoms with E-state index in [1.54, 1.807) is 0 Å². The third-order valence-electron chi connectivity index (χ3n) is 2.35. The molecule has 3 N–H and O–H groups in total. The summed E-state index contributed by atoms with van der Waals surface area (Å²) in [6, 6.07) is 7.85. The van der Waals surface area contributed by atoms with Gasteiger partial charge in [-0.05, 0) is 44.4 Å². The summed E-state index contributed by atoms with van der Waals surface area (Å²) < 4.78 is 5.55. The standard InChI is InChI=1S/C13H21NO2.ClH/c1-10(2)16-12-7-5-11(6-8-12)13(14)4-3-9-15;/h5-8,10,13,15H,3-4,9,14H2,1-2H3;1H/t13-;/m1./s1. The molecule has 0 spiro atoms. The molecule has 1 atom stereocenters. The van der Waals surface area contributed by atoms with E-state index >= 15 is 0 Å². The van der Waals surface area contributed by atoms with Crippen LogP contribution in [0.15, 0.2) is 24.3 Å². The second-order valence-corrected chi connectivity index (χ2v) is 4.21. The van der Waals surface area contributed by atoms with E-state index in [0.717, 1.165) is 24.2 Å². The maximum atomic E-state index is 8.73. The zero-order valence-corrected chi connectivity index (χ0v) is 11.2. The Morgan fingerprint density at radius 1 is 1.24 bits per heavy atom. The van der Waals surface area contributed by atoms with Crippen LogP contribution in [0, 0.1) is 0 Å². The Bertz CT molecular complexity index is 301. The molecule has 0 saturated heterocycles. The molecule has 4 heteroatoms. The summed E-state index contributed by atoms with van der Waals surface area (Å²) in [5.74, 6) is 0.869. The van der Waals surface area contributed by atoms with Gasteiger partial charge in [0.25, 0.3) is 0 Å². The Morgan fingerprint density at radius 3 is 2.29 bits per heavy atom. The molecule has 1 aromatic carbocycles. The molecule has 0 aromatic heterocycles. The van der Waals surface area contributed by atoms with Gasteiger partial charge >= 0.3 is 0 Å². The number of hydrogen-bond acceptors (Lipinski definition) is 3. The molecule has 0 saturated carbocycles. The largest absolute Gasteiger partial charge is 0.491 e. The van der Waals surface area contributed by atoms with E-state index in [1.807, 2.05) is 38.1 Å². The van der Waals surface area contributed by atoms with E-state index in [9.17, 15) is 0 Å². The van der Waals surface area contributed by atoms with Gasteiger partial charge in [0, 0.05) is 12.6 Å². The number of benzene rings is 1. The van der Waals surface area contributed by atoms with Gasteiger partial charge in [0.05, 0.1) is 6.10 Å². The highest BCUT2D eigenvalue weighted by atomic mass is 35.5. The van der Waals surface area contributed by atoms with Crippen LogP contribution < -0.4 is 10.5 Å². The van der Waals surface area contributed by atoms with Crippen molar-refractivity contribution in [3.63, 3.8) is 0 Å². The molecule has 0 aliphatic rings. The van der Waals surface area contributed by atoms with Gasteiger partial charge in [-0.2, -0.15) is 0 Å². The van der Waals surface area contributed by atoms with Crippen molar-refractivity contribution in [2.75, 3.05) is 6.61 Å². The van der Waals surface area contributed by atoms with Crippen LogP contribution in [0.4, 0.5) is 0 Å². The normalized spacial score (nSPS) is 12.1. The Morgan fingerprint density at radius 2 is 1.82 bits per heavy atom. The van der Waals surface area contributed by atoms with Crippen molar-refractivity contribution in [3.05, 3.63) is 29.8 Å². The highest BCUT2D eigenvalue weighted by molar-refractivity contribution is 5.85. The Balaban J connectivity index is 0.00000256. The van der Waals surface area contributed by atoms with Crippen molar-refractivity contribution < 1.29 is 9.84 Å². The summed E-state index contributed by atoms with van der Waals surface area (Å²) in [6.07, 6.45) is 1.74. The van der Waals surface area contributed by atoms with Crippen LogP contribution in [-0.4, -0.2) is 17.8 Å². The number of halogens is 1. The van der Waals surface area contributed by atoms with Crippen molar-refractivity contribution in [2.24, 2.45) is 5.73 Å². The zero-order chi connectivity index (χ0) is 12.0. The number of hydrogen-bond donors (Lipinski definition) is 2. The summed E-state index contributed by atoms with van der Waals surface area (Å²) >= 11 is 0. The van der Waals surface area contributed by atoms with Gasteiger partial charge in [0.1, 0.15) is 5.75 Å². The summed E-state index contributed by atoms with van der Waals surface area (Å²) in [5.41, 5.74) is 7.07. The van der Waals surface area contributed by atoms with E-state index in [0.29, 0.717) is 0 Å². The summed E-state index contributed by atoms with van der Waals surface area (Å²) in [4.78, 5) is 0. The smallest absolute Gasteiger partial charge is 0.119 e. The fourth-order valence-electron chi connectivity index (χ4n) is 1.54. The number of ether oxygens (including phenoxy) is 1. The maximum absolute atomic E-state index is 8.73. The Hall–Kier alpha value is -0.770. The molecule has 0 aliphatic carbocycles. The average molecular weight is 260 g/mol. The van der Waals surface area contributed by atoms with Crippen molar-refractivity contribution >= 4 is 12.4 Å². The second-order valence-electron chi connectivity index (χ2n) is 4.21. The first-order valence-electron chi connectivity index (χ1n) is 5.76. The van der Waals surface area contributed by atoms with Gasteiger partial charge in [-0.25, -0.2) is 0 Å². The first-order chi connectivity index (χ1) is 7.63. The minimum absolute atomic E-state index is 0. The van der Waals surface area contributed by atoms with Crippen LogP contribution in [0.5, 0.6) is 5.75 Å². The van der Waals surface area contributed by atoms with E-state index in [2.05, 4.69) is 0 Å². The minimum atomic E-state index is 0. The number of aliphatic hydroxyl groups excluding tert-OH is 1. The van der Waals surface area contributed by atoms with Crippen molar-refractivity contribution in [3.8, 4) is 5.75 Å². The molecule has 0 aliphatic heterocycles. The lowest BCUT2D eigenvalue weighted by Gasteiger charge is -2.13. The lowest BCUT2D eigenvalue weighted by atomic mass is 10.0. The number of nitrogens with two attached hydrogens (primary N) is 1. The average Bonchev–Trinajstić information content (AvgIpc) is 2.26. The molecule has 0 heterocycles. The van der Waals surface area contributed by atoms with Gasteiger partial charge in [0.15, 0.2) is 0 Å². The second kappa shape index (κ2) is 8.34. The van der Waals surface area contributed by atoms with Crippen LogP contribution in [0.25, 0.3) is 0 Å². The highest BCUT2D eigenvalue weighted by Crippen LogP contribution is 2.20. The van der Waals surface area contributed by atoms with Gasteiger partial charge < -0.3 is 15.6 Å². The first-order valence-corrected chi connectivity index (χ1v) is 5.76. The molecule has 0 fully saturated rings. The van der Waals surface area contributed by atoms with E-state index in [4.69, 9.17) is 15.6 Å². The molecule has 1 rings (SSSR count). The molecule has 0 bridgehead atoms. The molecule has 17 heavy (non-hydrogen) atoms. The van der Waals surface area contributed by atoms with Crippen LogP contribution in [0.3, 0.4) is 0 Å². The Kier molecular flexibility index (Phi) is 7.96. The van der Waals surface area contributed by atoms with Gasteiger partial charge in [0.2, 0.25) is 0 Å². The molecule has 3 nitrogen and oxygen atoms in total. The van der Waals surface area contributed by atoms with Crippen molar-refractivity contribution in [2.45, 2.75) is 38.8 Å². The van der Waals surface area contributed by atoms with Crippen LogP contribution in [0.1, 0.15) is 38.3 Å². The van der Waals surface area contributed by atoms with E-state index in [1.165, 1.54) is 0 Å². The first kappa shape index (κ1) is 16.2. The van der Waals surface area contributed by atoms with Crippen LogP contribution >= 0.6 is 12.4 Å². The maximum Gasteiger partial charge on any atom is 0.119 e. The number of rotatable bonds is 6. The molecular weight excluding hydrogens is 238 g/mol. The van der Waals surface area contributed by atoms with Crippen molar-refractivity contribution in [1.29, 1.82) is 0 Å². The molecule has 0 unspecified atom stereocenters. The van der Waals surface area contributed by atoms with Gasteiger partial charge in [-0.1, -0.05) is 12.1 Å². The van der Waals surface area contributed by atoms with Gasteiger partial charge in [-0.15, -0.1) is 12.4 Å². The third kappa shape index (κ3) is 5.91. The highest BCUT2D eigenvalue weighted by Gasteiger charge is 2.05. The lowest BCUT2D eigenvalue weighted by Crippen LogP contribution is -2.11. The monoisotopic (exact) mass is 259 g/mol. The minimum Gasteiger partial charge on any atom is -0.491 e. The van der Waals surface area contributed by atoms with E-state index < -0.39 is 0 Å². The summed E-state index contributed by atoms with van der Waals surface area (Å²) in [5, 5.41) is 8.73. The molecule has 98 valence electrons. The topological polar surface area (TPSA) is 55.5 Å². The van der Waals surface area contributed by atoms with E-state index in [-0.39, 0.29) is 31.2 Å². The molecule has 0 radical (unpaired) electrons. The fraction of sp³-hybridized carbons (Fsp3) is 0.538. The summed E-state index contributed by atoms with van der Waals surface area (Å²) in [6.45, 7) is 4.20. The van der Waals surface area contributed by atoms with Crippen molar-refractivity contribution in [1.82, 2.24) is 0 Å². The summed E-state index contributed by atoms with van der Waals surface area (Å²) in [7, 11) is 0. The van der Waals surface area contributed by atoms with Crippen LogP contribution in [0.2, 0.25) is 0 Å². The quantitative estimate of drug-likeness (QED) is 0.826.